The van der Waals surface area contributed by atoms with Crippen LogP contribution in [0, 0.1) is 6.92 Å². The molecule has 2 rings (SSSR count). The summed E-state index contributed by atoms with van der Waals surface area (Å²) in [6, 6.07) is 8.15. The number of nitrogens with one attached hydrogen (secondary N) is 2. The zero-order chi connectivity index (χ0) is 20.0. The van der Waals surface area contributed by atoms with Crippen LogP contribution in [0.3, 0.4) is 0 Å². The van der Waals surface area contributed by atoms with E-state index in [2.05, 4.69) is 51.6 Å². The molecule has 0 saturated heterocycles. The van der Waals surface area contributed by atoms with Crippen LogP contribution >= 0.6 is 0 Å². The number of ether oxygens (including phenoxy) is 2. The Morgan fingerprint density at radius 1 is 0.857 bits per heavy atom. The molecule has 1 aromatic carbocycles. The highest BCUT2D eigenvalue weighted by molar-refractivity contribution is 5.58. The molecule has 4 N–H and O–H groups in total. The second-order valence-corrected chi connectivity index (χ2v) is 6.39. The zero-order valence-electron chi connectivity index (χ0n) is 16.9. The van der Waals surface area contributed by atoms with Crippen molar-refractivity contribution in [1.29, 1.82) is 0 Å². The zero-order valence-corrected chi connectivity index (χ0v) is 16.9. The lowest BCUT2D eigenvalue weighted by molar-refractivity contribution is 0.0547. The molecular weight excluding hydrogens is 356 g/mol. The van der Waals surface area contributed by atoms with Crippen LogP contribution in [-0.4, -0.2) is 61.0 Å². The van der Waals surface area contributed by atoms with Gasteiger partial charge in [0.15, 0.2) is 5.82 Å². The van der Waals surface area contributed by atoms with Gasteiger partial charge in [-0.1, -0.05) is 43.2 Å². The standard InChI is InChI=1S/C20H32N6O2/c1-3-4-10-22-19-24-18(17-7-5-16(2)6-8-17)25-20(26-19)23-11-13-28-15-14-27-12-9-21/h5-8H,3-4,9-15,21H2,1-2H3,(H2,22,23,24,25,26). The summed E-state index contributed by atoms with van der Waals surface area (Å²) >= 11 is 0. The molecule has 8 heteroatoms. The minimum atomic E-state index is 0.527. The molecule has 2 aromatic rings. The molecule has 0 aliphatic heterocycles. The van der Waals surface area contributed by atoms with Crippen LogP contribution in [0.5, 0.6) is 0 Å². The van der Waals surface area contributed by atoms with Crippen molar-refractivity contribution in [3.8, 4) is 11.4 Å². The third-order valence-corrected chi connectivity index (χ3v) is 3.92. The lowest BCUT2D eigenvalue weighted by Gasteiger charge is -2.11. The SMILES string of the molecule is CCCCNc1nc(NCCOCCOCCN)nc(-c2ccc(C)cc2)n1. The summed E-state index contributed by atoms with van der Waals surface area (Å²) in [6.07, 6.45) is 2.18. The first-order chi connectivity index (χ1) is 13.7. The normalized spacial score (nSPS) is 10.8. The van der Waals surface area contributed by atoms with Crippen molar-refractivity contribution in [2.45, 2.75) is 26.7 Å². The van der Waals surface area contributed by atoms with Crippen molar-refractivity contribution >= 4 is 11.9 Å². The topological polar surface area (TPSA) is 107 Å². The Balaban J connectivity index is 1.94. The molecule has 1 aromatic heterocycles. The highest BCUT2D eigenvalue weighted by atomic mass is 16.5. The van der Waals surface area contributed by atoms with E-state index < -0.39 is 0 Å². The number of unbranched alkanes of at least 4 members (excludes halogenated alkanes) is 1. The maximum atomic E-state index is 5.52. The number of hydrogen-bond acceptors (Lipinski definition) is 8. The average molecular weight is 389 g/mol. The van der Waals surface area contributed by atoms with Crippen LogP contribution in [-0.2, 0) is 9.47 Å². The Bertz CT molecular complexity index is 681. The van der Waals surface area contributed by atoms with Crippen LogP contribution in [0.1, 0.15) is 25.3 Å². The lowest BCUT2D eigenvalue weighted by atomic mass is 10.1. The van der Waals surface area contributed by atoms with E-state index in [1.165, 1.54) is 5.56 Å². The molecule has 0 amide bonds. The van der Waals surface area contributed by atoms with Gasteiger partial charge in [0.05, 0.1) is 26.4 Å². The van der Waals surface area contributed by atoms with Crippen molar-refractivity contribution < 1.29 is 9.47 Å². The molecule has 0 bridgehead atoms. The first-order valence-electron chi connectivity index (χ1n) is 9.89. The van der Waals surface area contributed by atoms with Crippen LogP contribution in [0.15, 0.2) is 24.3 Å². The van der Waals surface area contributed by atoms with E-state index in [-0.39, 0.29) is 0 Å². The molecule has 0 spiro atoms. The molecule has 154 valence electrons. The second kappa shape index (κ2) is 13.0. The minimum Gasteiger partial charge on any atom is -0.378 e. The first-order valence-corrected chi connectivity index (χ1v) is 9.89. The van der Waals surface area contributed by atoms with E-state index >= 15 is 0 Å². The largest absolute Gasteiger partial charge is 0.378 e. The molecule has 0 saturated carbocycles. The average Bonchev–Trinajstić information content (AvgIpc) is 2.70. The Labute approximate surface area is 167 Å². The highest BCUT2D eigenvalue weighted by Gasteiger charge is 2.08. The summed E-state index contributed by atoms with van der Waals surface area (Å²) in [5.41, 5.74) is 7.53. The number of benzene rings is 1. The van der Waals surface area contributed by atoms with E-state index in [0.29, 0.717) is 57.2 Å². The van der Waals surface area contributed by atoms with Crippen molar-refractivity contribution in [2.24, 2.45) is 5.73 Å². The van der Waals surface area contributed by atoms with E-state index in [9.17, 15) is 0 Å². The van der Waals surface area contributed by atoms with Gasteiger partial charge in [-0.05, 0) is 13.3 Å². The first kappa shape index (κ1) is 22.0. The fraction of sp³-hybridized carbons (Fsp3) is 0.550. The molecule has 0 unspecified atom stereocenters. The summed E-state index contributed by atoms with van der Waals surface area (Å²) < 4.78 is 10.8. The highest BCUT2D eigenvalue weighted by Crippen LogP contribution is 2.18. The molecule has 0 atom stereocenters. The number of nitrogens with zero attached hydrogens (tertiary/aromatic N) is 3. The monoisotopic (exact) mass is 388 g/mol. The maximum absolute atomic E-state index is 5.52. The lowest BCUT2D eigenvalue weighted by Crippen LogP contribution is -2.16. The van der Waals surface area contributed by atoms with Crippen LogP contribution in [0.4, 0.5) is 11.9 Å². The molecule has 0 aliphatic carbocycles. The second-order valence-electron chi connectivity index (χ2n) is 6.39. The van der Waals surface area contributed by atoms with Crippen LogP contribution in [0.2, 0.25) is 0 Å². The van der Waals surface area contributed by atoms with Crippen molar-refractivity contribution in [3.63, 3.8) is 0 Å². The predicted molar refractivity (Wildman–Crippen MR) is 113 cm³/mol. The number of aryl methyl sites for hydroxylation is 1. The molecule has 1 heterocycles. The number of hydrogen-bond donors (Lipinski definition) is 3. The number of nitrogens with two attached hydrogens (primary N) is 1. The molecule has 8 nitrogen and oxygen atoms in total. The van der Waals surface area contributed by atoms with E-state index in [1.54, 1.807) is 0 Å². The van der Waals surface area contributed by atoms with Gasteiger partial charge >= 0.3 is 0 Å². The number of aromatic nitrogens is 3. The Hall–Kier alpha value is -2.29. The van der Waals surface area contributed by atoms with Gasteiger partial charge < -0.3 is 25.8 Å². The molecule has 0 aliphatic rings. The van der Waals surface area contributed by atoms with Crippen molar-refractivity contribution in [1.82, 2.24) is 15.0 Å². The van der Waals surface area contributed by atoms with Gasteiger partial charge in [0.25, 0.3) is 0 Å². The van der Waals surface area contributed by atoms with Gasteiger partial charge in [-0.3, -0.25) is 0 Å². The Morgan fingerprint density at radius 3 is 2.14 bits per heavy atom. The maximum Gasteiger partial charge on any atom is 0.228 e. The van der Waals surface area contributed by atoms with Crippen LogP contribution in [0.25, 0.3) is 11.4 Å². The number of anilines is 2. The van der Waals surface area contributed by atoms with Gasteiger partial charge in [0.1, 0.15) is 0 Å². The summed E-state index contributed by atoms with van der Waals surface area (Å²) in [7, 11) is 0. The van der Waals surface area contributed by atoms with Crippen LogP contribution < -0.4 is 16.4 Å². The minimum absolute atomic E-state index is 0.527. The van der Waals surface area contributed by atoms with Gasteiger partial charge in [-0.2, -0.15) is 15.0 Å². The third kappa shape index (κ3) is 8.16. The third-order valence-electron chi connectivity index (χ3n) is 3.92. The van der Waals surface area contributed by atoms with Gasteiger partial charge in [-0.25, -0.2) is 0 Å². The summed E-state index contributed by atoms with van der Waals surface area (Å²) in [5, 5.41) is 6.49. The van der Waals surface area contributed by atoms with E-state index in [0.717, 1.165) is 24.9 Å². The van der Waals surface area contributed by atoms with E-state index in [4.69, 9.17) is 15.2 Å². The molecule has 28 heavy (non-hydrogen) atoms. The summed E-state index contributed by atoms with van der Waals surface area (Å²) in [5.74, 6) is 1.76. The van der Waals surface area contributed by atoms with Gasteiger partial charge in [-0.15, -0.1) is 0 Å². The molecule has 0 fully saturated rings. The van der Waals surface area contributed by atoms with E-state index in [1.807, 2.05) is 12.1 Å². The van der Waals surface area contributed by atoms with Gasteiger partial charge in [0, 0.05) is 25.2 Å². The smallest absolute Gasteiger partial charge is 0.228 e. The fourth-order valence-electron chi connectivity index (χ4n) is 2.38. The van der Waals surface area contributed by atoms with Crippen molar-refractivity contribution in [3.05, 3.63) is 29.8 Å². The Morgan fingerprint density at radius 2 is 1.50 bits per heavy atom. The van der Waals surface area contributed by atoms with Gasteiger partial charge in [0.2, 0.25) is 11.9 Å². The summed E-state index contributed by atoms with van der Waals surface area (Å²) in [4.78, 5) is 13.6. The Kier molecular flexibility index (Phi) is 10.2. The summed E-state index contributed by atoms with van der Waals surface area (Å²) in [6.45, 7) is 8.35. The van der Waals surface area contributed by atoms with Crippen molar-refractivity contribution in [2.75, 3.05) is 56.7 Å². The molecular formula is C20H32N6O2. The quantitative estimate of drug-likeness (QED) is 0.424. The number of rotatable bonds is 14. The fourth-order valence-corrected chi connectivity index (χ4v) is 2.38. The predicted octanol–water partition coefficient (Wildman–Crippen LogP) is 2.46. The molecule has 0 radical (unpaired) electrons.